The third-order valence-corrected chi connectivity index (χ3v) is 6.49. The maximum absolute atomic E-state index is 13.1. The molecule has 1 saturated carbocycles. The van der Waals surface area contributed by atoms with Crippen LogP contribution in [0.3, 0.4) is 0 Å². The number of carbonyl (C=O) groups is 2. The van der Waals surface area contributed by atoms with Crippen molar-refractivity contribution in [2.24, 2.45) is 10.8 Å². The van der Waals surface area contributed by atoms with Crippen molar-refractivity contribution in [3.63, 3.8) is 0 Å². The van der Waals surface area contributed by atoms with Gasteiger partial charge in [-0.1, -0.05) is 13.8 Å². The van der Waals surface area contributed by atoms with Gasteiger partial charge in [0.1, 0.15) is 0 Å². The molecule has 0 unspecified atom stereocenters. The summed E-state index contributed by atoms with van der Waals surface area (Å²) in [5.41, 5.74) is -1.86. The first-order chi connectivity index (χ1) is 9.26. The Balaban J connectivity index is 1.97. The molecule has 2 bridgehead atoms. The van der Waals surface area contributed by atoms with Crippen LogP contribution in [0.2, 0.25) is 0 Å². The van der Waals surface area contributed by atoms with Gasteiger partial charge >= 0.3 is 5.97 Å². The fraction of sp³-hybridized carbons (Fsp3) is 0.875. The second-order valence-corrected chi connectivity index (χ2v) is 7.52. The second-order valence-electron chi connectivity index (χ2n) is 7.52. The van der Waals surface area contributed by atoms with E-state index in [0.717, 1.165) is 25.8 Å². The second kappa shape index (κ2) is 3.99. The maximum Gasteiger partial charge on any atom is 0.313 e. The molecule has 0 aromatic carbocycles. The molecule has 0 aromatic heterocycles. The Morgan fingerprint density at radius 2 is 1.95 bits per heavy atom. The Morgan fingerprint density at radius 3 is 2.45 bits per heavy atom. The number of likely N-dealkylation sites (tertiary alicyclic amines) is 1. The van der Waals surface area contributed by atoms with Gasteiger partial charge in [-0.2, -0.15) is 0 Å². The number of fused-ring (bicyclic) bond motifs is 2. The lowest BCUT2D eigenvalue weighted by molar-refractivity contribution is -0.176. The molecule has 1 aliphatic carbocycles. The number of ether oxygens (including phenoxy) is 1. The Labute approximate surface area is 120 Å². The zero-order valence-corrected chi connectivity index (χ0v) is 13.0. The minimum Gasteiger partial charge on any atom is -0.448 e. The molecule has 0 N–H and O–H groups in total. The minimum atomic E-state index is -0.926. The van der Waals surface area contributed by atoms with Crippen LogP contribution >= 0.6 is 0 Å². The summed E-state index contributed by atoms with van der Waals surface area (Å²) >= 11 is 0. The van der Waals surface area contributed by atoms with Crippen LogP contribution in [0.5, 0.6) is 0 Å². The van der Waals surface area contributed by atoms with Crippen LogP contribution in [-0.2, 0) is 14.3 Å². The average Bonchev–Trinajstić information content (AvgIpc) is 2.69. The average molecular weight is 279 g/mol. The highest BCUT2D eigenvalue weighted by Gasteiger charge is 2.76. The molecule has 0 radical (unpaired) electrons. The third-order valence-electron chi connectivity index (χ3n) is 6.49. The van der Waals surface area contributed by atoms with E-state index in [0.29, 0.717) is 6.42 Å². The summed E-state index contributed by atoms with van der Waals surface area (Å²) in [6, 6.07) is 0.257. The van der Waals surface area contributed by atoms with E-state index in [-0.39, 0.29) is 17.9 Å². The van der Waals surface area contributed by atoms with Crippen LogP contribution < -0.4 is 0 Å². The summed E-state index contributed by atoms with van der Waals surface area (Å²) < 4.78 is 5.70. The highest BCUT2D eigenvalue weighted by molar-refractivity contribution is 5.96. The molecule has 3 fully saturated rings. The van der Waals surface area contributed by atoms with Crippen LogP contribution in [0.25, 0.3) is 0 Å². The Bertz CT molecular complexity index is 472. The first kappa shape index (κ1) is 13.9. The molecule has 0 spiro atoms. The largest absolute Gasteiger partial charge is 0.448 e. The van der Waals surface area contributed by atoms with Crippen molar-refractivity contribution in [3.05, 3.63) is 0 Å². The highest BCUT2D eigenvalue weighted by atomic mass is 16.6. The Hall–Kier alpha value is -1.06. The summed E-state index contributed by atoms with van der Waals surface area (Å²) in [5, 5.41) is 0. The summed E-state index contributed by atoms with van der Waals surface area (Å²) in [6.45, 7) is 8.91. The van der Waals surface area contributed by atoms with Gasteiger partial charge in [-0.3, -0.25) is 9.59 Å². The highest BCUT2D eigenvalue weighted by Crippen LogP contribution is 2.66. The Kier molecular flexibility index (Phi) is 2.77. The molecule has 0 aromatic rings. The normalized spacial score (nSPS) is 42.7. The van der Waals surface area contributed by atoms with Crippen molar-refractivity contribution in [2.45, 2.75) is 71.4 Å². The number of piperidine rings is 1. The number of esters is 1. The summed E-state index contributed by atoms with van der Waals surface area (Å²) in [5.74, 6) is -0.143. The zero-order valence-electron chi connectivity index (χ0n) is 13.0. The zero-order chi connectivity index (χ0) is 14.8. The van der Waals surface area contributed by atoms with E-state index in [9.17, 15) is 9.59 Å². The third kappa shape index (κ3) is 1.38. The lowest BCUT2D eigenvalue weighted by atomic mass is 9.66. The van der Waals surface area contributed by atoms with Gasteiger partial charge in [-0.05, 0) is 46.0 Å². The number of hydrogen-bond donors (Lipinski definition) is 0. The number of rotatable bonds is 1. The monoisotopic (exact) mass is 279 g/mol. The van der Waals surface area contributed by atoms with E-state index in [1.807, 2.05) is 25.7 Å². The summed E-state index contributed by atoms with van der Waals surface area (Å²) in [7, 11) is 0. The molecule has 2 heterocycles. The van der Waals surface area contributed by atoms with Gasteiger partial charge < -0.3 is 9.64 Å². The molecule has 4 heteroatoms. The van der Waals surface area contributed by atoms with Crippen molar-refractivity contribution in [1.82, 2.24) is 4.90 Å². The first-order valence-corrected chi connectivity index (χ1v) is 7.81. The summed E-state index contributed by atoms with van der Waals surface area (Å²) in [6.07, 6.45) is 4.71. The van der Waals surface area contributed by atoms with E-state index < -0.39 is 16.4 Å². The lowest BCUT2D eigenvalue weighted by Crippen LogP contribution is -2.57. The van der Waals surface area contributed by atoms with E-state index >= 15 is 0 Å². The fourth-order valence-corrected chi connectivity index (χ4v) is 4.35. The fourth-order valence-electron chi connectivity index (χ4n) is 4.35. The van der Waals surface area contributed by atoms with Gasteiger partial charge in [0.15, 0.2) is 5.60 Å². The van der Waals surface area contributed by atoms with Gasteiger partial charge in [0.2, 0.25) is 0 Å². The summed E-state index contributed by atoms with van der Waals surface area (Å²) in [4.78, 5) is 27.4. The molecule has 3 rings (SSSR count). The van der Waals surface area contributed by atoms with Crippen LogP contribution in [0.15, 0.2) is 0 Å². The molecular weight excluding hydrogens is 254 g/mol. The smallest absolute Gasteiger partial charge is 0.313 e. The lowest BCUT2D eigenvalue weighted by Gasteiger charge is -2.42. The van der Waals surface area contributed by atoms with Gasteiger partial charge in [-0.25, -0.2) is 0 Å². The maximum atomic E-state index is 13.1. The van der Waals surface area contributed by atoms with E-state index in [4.69, 9.17) is 4.74 Å². The van der Waals surface area contributed by atoms with Crippen molar-refractivity contribution in [3.8, 4) is 0 Å². The van der Waals surface area contributed by atoms with E-state index in [2.05, 4.69) is 6.92 Å². The van der Waals surface area contributed by atoms with Crippen molar-refractivity contribution in [1.29, 1.82) is 0 Å². The van der Waals surface area contributed by atoms with Crippen molar-refractivity contribution >= 4 is 11.9 Å². The predicted molar refractivity (Wildman–Crippen MR) is 75.0 cm³/mol. The molecule has 112 valence electrons. The van der Waals surface area contributed by atoms with E-state index in [1.165, 1.54) is 6.42 Å². The molecule has 2 saturated heterocycles. The molecule has 2 aliphatic heterocycles. The topological polar surface area (TPSA) is 46.6 Å². The number of nitrogens with zero attached hydrogens (tertiary/aromatic N) is 1. The van der Waals surface area contributed by atoms with Crippen LogP contribution in [-0.4, -0.2) is 35.0 Å². The number of hydrogen-bond acceptors (Lipinski definition) is 3. The van der Waals surface area contributed by atoms with Crippen molar-refractivity contribution < 1.29 is 14.3 Å². The molecule has 1 amide bonds. The minimum absolute atomic E-state index is 0.0456. The van der Waals surface area contributed by atoms with E-state index in [1.54, 1.807) is 0 Å². The molecule has 3 aliphatic rings. The predicted octanol–water partition coefficient (Wildman–Crippen LogP) is 2.51. The van der Waals surface area contributed by atoms with Gasteiger partial charge in [0, 0.05) is 18.0 Å². The molecule has 3 atom stereocenters. The Morgan fingerprint density at radius 1 is 1.25 bits per heavy atom. The quantitative estimate of drug-likeness (QED) is 0.693. The van der Waals surface area contributed by atoms with Crippen LogP contribution in [0.4, 0.5) is 0 Å². The molecule has 4 nitrogen and oxygen atoms in total. The van der Waals surface area contributed by atoms with Crippen LogP contribution in [0, 0.1) is 10.8 Å². The SMILES string of the molecule is C[C@@H]1CCCCN1C(=O)[C@]12CC[C@@](C)(C(=O)O1)C2(C)C. The molecular formula is C16H25NO3. The van der Waals surface area contributed by atoms with Crippen LogP contribution in [0.1, 0.15) is 59.8 Å². The van der Waals surface area contributed by atoms with Gasteiger partial charge in [0.25, 0.3) is 5.91 Å². The van der Waals surface area contributed by atoms with Crippen molar-refractivity contribution in [2.75, 3.05) is 6.54 Å². The number of carbonyl (C=O) groups excluding carboxylic acids is 2. The molecule has 20 heavy (non-hydrogen) atoms. The standard InChI is InChI=1S/C16H25NO3/c1-11-7-5-6-10-17(11)12(18)16-9-8-15(4,13(19)20-16)14(16,2)3/h11H,5-10H2,1-4H3/t11-,15+,16+/m1/s1. The van der Waals surface area contributed by atoms with Gasteiger partial charge in [0.05, 0.1) is 5.41 Å². The first-order valence-electron chi connectivity index (χ1n) is 7.81. The van der Waals surface area contributed by atoms with Gasteiger partial charge in [-0.15, -0.1) is 0 Å². The number of amides is 1.